The predicted octanol–water partition coefficient (Wildman–Crippen LogP) is 4.79. The quantitative estimate of drug-likeness (QED) is 0.589. The number of aryl methyl sites for hydroxylation is 1. The van der Waals surface area contributed by atoms with Gasteiger partial charge in [-0.15, -0.1) is 11.3 Å². The lowest BCUT2D eigenvalue weighted by atomic mass is 10.1. The van der Waals surface area contributed by atoms with Crippen molar-refractivity contribution >= 4 is 40.3 Å². The van der Waals surface area contributed by atoms with Gasteiger partial charge in [-0.25, -0.2) is 0 Å². The van der Waals surface area contributed by atoms with E-state index in [-0.39, 0.29) is 24.3 Å². The van der Waals surface area contributed by atoms with Gasteiger partial charge in [-0.3, -0.25) is 14.4 Å². The van der Waals surface area contributed by atoms with Gasteiger partial charge in [0.05, 0.1) is 16.1 Å². The van der Waals surface area contributed by atoms with Crippen molar-refractivity contribution in [3.63, 3.8) is 0 Å². The number of halogens is 3. The van der Waals surface area contributed by atoms with Crippen LogP contribution in [0.15, 0.2) is 30.3 Å². The van der Waals surface area contributed by atoms with E-state index in [1.807, 2.05) is 6.92 Å². The lowest BCUT2D eigenvalue weighted by molar-refractivity contribution is -0.137. The first-order valence-corrected chi connectivity index (χ1v) is 10.5. The minimum absolute atomic E-state index is 0.0472. The Balaban J connectivity index is 1.65. The van der Waals surface area contributed by atoms with Crippen LogP contribution in [0.4, 0.5) is 24.5 Å². The van der Waals surface area contributed by atoms with Crippen LogP contribution in [0.2, 0.25) is 0 Å². The third-order valence-corrected chi connectivity index (χ3v) is 5.72. The van der Waals surface area contributed by atoms with E-state index in [0.717, 1.165) is 17.0 Å². The van der Waals surface area contributed by atoms with E-state index in [1.54, 1.807) is 12.1 Å². The fraction of sp³-hybridized carbons (Fsp3) is 0.381. The van der Waals surface area contributed by atoms with Gasteiger partial charge in [0, 0.05) is 30.0 Å². The van der Waals surface area contributed by atoms with Crippen LogP contribution in [0.1, 0.15) is 45.8 Å². The standard InChI is InChI=1S/C21H21F3N2O4S/c1-12-4-8-18(31-12)16(27)7-9-19(28)26-15-6-5-13(11-14(15)21(22,23)24)25-20(29)17-3-2-10-30-17/h4-6,8,11,17H,2-3,7,9-10H2,1H3,(H,25,29)(H,26,28). The molecule has 6 nitrogen and oxygen atoms in total. The molecule has 31 heavy (non-hydrogen) atoms. The minimum Gasteiger partial charge on any atom is -0.368 e. The molecule has 2 heterocycles. The molecule has 1 aromatic heterocycles. The predicted molar refractivity (Wildman–Crippen MR) is 110 cm³/mol. The molecule has 166 valence electrons. The molecule has 1 saturated heterocycles. The molecule has 3 rings (SSSR count). The molecular formula is C21H21F3N2O4S. The molecule has 0 saturated carbocycles. The summed E-state index contributed by atoms with van der Waals surface area (Å²) in [5.74, 6) is -1.45. The number of carbonyl (C=O) groups is 3. The molecule has 0 bridgehead atoms. The molecule has 1 aromatic carbocycles. The number of ether oxygens (including phenoxy) is 1. The van der Waals surface area contributed by atoms with E-state index in [4.69, 9.17) is 4.74 Å². The van der Waals surface area contributed by atoms with Gasteiger partial charge in [0.1, 0.15) is 6.10 Å². The fourth-order valence-corrected chi connectivity index (χ4v) is 3.96. The van der Waals surface area contributed by atoms with E-state index < -0.39 is 35.3 Å². The summed E-state index contributed by atoms with van der Waals surface area (Å²) in [6.07, 6.45) is -4.56. The number of Topliss-reactive ketones (excluding diaryl/α,β-unsaturated/α-hetero) is 1. The summed E-state index contributed by atoms with van der Waals surface area (Å²) in [6.45, 7) is 2.28. The van der Waals surface area contributed by atoms with Crippen LogP contribution in [0.3, 0.4) is 0 Å². The summed E-state index contributed by atoms with van der Waals surface area (Å²) in [5.41, 5.74) is -1.58. The number of benzene rings is 1. The molecule has 0 aliphatic carbocycles. The lowest BCUT2D eigenvalue weighted by Crippen LogP contribution is -2.27. The molecule has 2 N–H and O–H groups in total. The zero-order valence-corrected chi connectivity index (χ0v) is 17.5. The van der Waals surface area contributed by atoms with Crippen molar-refractivity contribution in [2.45, 2.75) is 44.9 Å². The van der Waals surface area contributed by atoms with Gasteiger partial charge >= 0.3 is 6.18 Å². The van der Waals surface area contributed by atoms with Gasteiger partial charge in [-0.05, 0) is 50.1 Å². The fourth-order valence-electron chi connectivity index (χ4n) is 3.12. The number of rotatable bonds is 7. The van der Waals surface area contributed by atoms with Gasteiger partial charge in [0.15, 0.2) is 5.78 Å². The summed E-state index contributed by atoms with van der Waals surface area (Å²) >= 11 is 1.30. The van der Waals surface area contributed by atoms with Gasteiger partial charge in [0.2, 0.25) is 5.91 Å². The molecule has 1 aliphatic rings. The number of nitrogens with one attached hydrogen (secondary N) is 2. The number of ketones is 1. The second kappa shape index (κ2) is 9.61. The van der Waals surface area contributed by atoms with Crippen molar-refractivity contribution in [2.75, 3.05) is 17.2 Å². The van der Waals surface area contributed by atoms with Gasteiger partial charge in [-0.2, -0.15) is 13.2 Å². The summed E-state index contributed by atoms with van der Waals surface area (Å²) in [5, 5.41) is 4.64. The van der Waals surface area contributed by atoms with Gasteiger partial charge in [-0.1, -0.05) is 0 Å². The Morgan fingerprint density at radius 3 is 2.52 bits per heavy atom. The minimum atomic E-state index is -4.75. The molecular weight excluding hydrogens is 433 g/mol. The number of carbonyl (C=O) groups excluding carboxylic acids is 3. The summed E-state index contributed by atoms with van der Waals surface area (Å²) in [6, 6.07) is 6.56. The summed E-state index contributed by atoms with van der Waals surface area (Å²) < 4.78 is 45.8. The van der Waals surface area contributed by atoms with Crippen molar-refractivity contribution in [3.8, 4) is 0 Å². The molecule has 2 amide bonds. The number of alkyl halides is 3. The molecule has 0 spiro atoms. The van der Waals surface area contributed by atoms with Gasteiger partial charge in [0.25, 0.3) is 5.91 Å². The second-order valence-corrected chi connectivity index (χ2v) is 8.42. The first-order chi connectivity index (χ1) is 14.6. The smallest absolute Gasteiger partial charge is 0.368 e. The maximum absolute atomic E-state index is 13.5. The van der Waals surface area contributed by atoms with E-state index in [9.17, 15) is 27.6 Å². The van der Waals surface area contributed by atoms with Crippen molar-refractivity contribution in [1.29, 1.82) is 0 Å². The molecule has 10 heteroatoms. The van der Waals surface area contributed by atoms with E-state index in [0.29, 0.717) is 24.3 Å². The van der Waals surface area contributed by atoms with Gasteiger partial charge < -0.3 is 15.4 Å². The van der Waals surface area contributed by atoms with E-state index in [2.05, 4.69) is 10.6 Å². The topological polar surface area (TPSA) is 84.5 Å². The van der Waals surface area contributed by atoms with Crippen molar-refractivity contribution < 1.29 is 32.3 Å². The zero-order chi connectivity index (χ0) is 22.6. The monoisotopic (exact) mass is 454 g/mol. The van der Waals surface area contributed by atoms with Crippen molar-refractivity contribution in [3.05, 3.63) is 45.6 Å². The largest absolute Gasteiger partial charge is 0.418 e. The number of anilines is 2. The average Bonchev–Trinajstić information content (AvgIpc) is 3.38. The highest BCUT2D eigenvalue weighted by molar-refractivity contribution is 7.14. The highest BCUT2D eigenvalue weighted by Crippen LogP contribution is 2.37. The summed E-state index contributed by atoms with van der Waals surface area (Å²) in [4.78, 5) is 37.8. The third-order valence-electron chi connectivity index (χ3n) is 4.68. The Morgan fingerprint density at radius 2 is 1.90 bits per heavy atom. The normalized spacial score (nSPS) is 16.2. The van der Waals surface area contributed by atoms with Crippen LogP contribution in [0, 0.1) is 6.92 Å². The van der Waals surface area contributed by atoms with E-state index >= 15 is 0 Å². The van der Waals surface area contributed by atoms with Crippen molar-refractivity contribution in [2.24, 2.45) is 0 Å². The van der Waals surface area contributed by atoms with Crippen LogP contribution in [-0.2, 0) is 20.5 Å². The van der Waals surface area contributed by atoms with E-state index in [1.165, 1.54) is 17.4 Å². The average molecular weight is 454 g/mol. The first-order valence-electron chi connectivity index (χ1n) is 9.66. The Labute approximate surface area is 180 Å². The molecule has 1 unspecified atom stereocenters. The Morgan fingerprint density at radius 1 is 1.13 bits per heavy atom. The van der Waals surface area contributed by atoms with Crippen LogP contribution < -0.4 is 10.6 Å². The molecule has 1 atom stereocenters. The maximum Gasteiger partial charge on any atom is 0.418 e. The summed E-state index contributed by atoms with van der Waals surface area (Å²) in [7, 11) is 0. The molecule has 0 radical (unpaired) electrons. The second-order valence-electron chi connectivity index (χ2n) is 7.13. The number of hydrogen-bond donors (Lipinski definition) is 2. The maximum atomic E-state index is 13.5. The van der Waals surface area contributed by atoms with Crippen LogP contribution in [0.5, 0.6) is 0 Å². The molecule has 2 aromatic rings. The number of thiophene rings is 1. The molecule has 1 fully saturated rings. The Kier molecular flexibility index (Phi) is 7.11. The third kappa shape index (κ3) is 6.14. The highest BCUT2D eigenvalue weighted by Gasteiger charge is 2.35. The van der Waals surface area contributed by atoms with Crippen LogP contribution in [0.25, 0.3) is 0 Å². The van der Waals surface area contributed by atoms with Crippen LogP contribution in [-0.4, -0.2) is 30.3 Å². The number of amides is 2. The first kappa shape index (κ1) is 23.0. The SMILES string of the molecule is Cc1ccc(C(=O)CCC(=O)Nc2ccc(NC(=O)C3CCCO3)cc2C(F)(F)F)s1. The highest BCUT2D eigenvalue weighted by atomic mass is 32.1. The van der Waals surface area contributed by atoms with Crippen LogP contribution >= 0.6 is 11.3 Å². The molecule has 1 aliphatic heterocycles. The Hall–Kier alpha value is -2.72. The number of hydrogen-bond acceptors (Lipinski definition) is 5. The zero-order valence-electron chi connectivity index (χ0n) is 16.7. The Bertz CT molecular complexity index is 981. The van der Waals surface area contributed by atoms with Crippen molar-refractivity contribution in [1.82, 2.24) is 0 Å². The lowest BCUT2D eigenvalue weighted by Gasteiger charge is -2.16.